The zero-order valence-electron chi connectivity index (χ0n) is 17.2. The average Bonchev–Trinajstić information content (AvgIpc) is 3.65. The molecule has 32 heavy (non-hydrogen) atoms. The zero-order valence-corrected chi connectivity index (χ0v) is 18.0. The lowest BCUT2D eigenvalue weighted by Crippen LogP contribution is -2.37. The molecule has 1 aromatic carbocycles. The number of anilines is 2. The van der Waals surface area contributed by atoms with E-state index in [1.54, 1.807) is 12.4 Å². The number of fused-ring (bicyclic) bond motifs is 1. The van der Waals surface area contributed by atoms with Gasteiger partial charge in [0.1, 0.15) is 11.9 Å². The summed E-state index contributed by atoms with van der Waals surface area (Å²) in [6.45, 7) is 2.02. The fourth-order valence-electron chi connectivity index (χ4n) is 5.59. The molecule has 1 heterocycles. The Balaban J connectivity index is 1.11. The topological polar surface area (TPSA) is 136 Å². The highest BCUT2D eigenvalue weighted by molar-refractivity contribution is 7.89. The largest absolute Gasteiger partial charge is 0.446 e. The molecule has 0 spiro atoms. The van der Waals surface area contributed by atoms with E-state index in [2.05, 4.69) is 20.6 Å². The van der Waals surface area contributed by atoms with Crippen molar-refractivity contribution in [3.63, 3.8) is 0 Å². The van der Waals surface area contributed by atoms with Crippen molar-refractivity contribution >= 4 is 27.8 Å². The quantitative estimate of drug-likeness (QED) is 0.602. The van der Waals surface area contributed by atoms with Crippen molar-refractivity contribution in [2.45, 2.75) is 48.1 Å². The van der Waals surface area contributed by atoms with Gasteiger partial charge in [0.05, 0.1) is 10.6 Å². The van der Waals surface area contributed by atoms with Crippen LogP contribution in [0, 0.1) is 23.6 Å². The summed E-state index contributed by atoms with van der Waals surface area (Å²) < 4.78 is 42.6. The van der Waals surface area contributed by atoms with Crippen molar-refractivity contribution in [1.29, 1.82) is 0 Å². The van der Waals surface area contributed by atoms with Gasteiger partial charge in [-0.25, -0.2) is 32.7 Å². The van der Waals surface area contributed by atoms with Gasteiger partial charge in [-0.1, -0.05) is 0 Å². The number of ether oxygens (including phenoxy) is 1. The van der Waals surface area contributed by atoms with Gasteiger partial charge in [0.25, 0.3) is 0 Å². The van der Waals surface area contributed by atoms with Crippen LogP contribution in [0.3, 0.4) is 0 Å². The standard InChI is InChI=1S/C21H22FN5O4S/c1-20(4-5-20)27-19(28)31-15-7-12-16-17(15)21(12,16)10-8-24-18(25-9-10)26-14-3-2-11(6-13(14)22)32(23,29)30/h2-3,6,8-9,12,15-17H,4-5,7H2,1H3,(H,27,28)(H2,23,29,30)(H,24,25,26). The van der Waals surface area contributed by atoms with Crippen LogP contribution >= 0.6 is 0 Å². The molecule has 5 aliphatic rings. The Hall–Kier alpha value is -2.79. The van der Waals surface area contributed by atoms with Gasteiger partial charge in [-0.15, -0.1) is 0 Å². The number of carbonyl (C=O) groups excluding carboxylic acids is 1. The number of aromatic nitrogens is 2. The summed E-state index contributed by atoms with van der Waals surface area (Å²) in [5, 5.41) is 10.7. The molecule has 5 fully saturated rings. The number of amides is 1. The molecule has 9 nitrogen and oxygen atoms in total. The van der Waals surface area contributed by atoms with E-state index in [9.17, 15) is 17.6 Å². The predicted molar refractivity (Wildman–Crippen MR) is 111 cm³/mol. The number of nitrogens with two attached hydrogens (primary N) is 1. The fraction of sp³-hybridized carbons (Fsp3) is 0.476. The summed E-state index contributed by atoms with van der Waals surface area (Å²) in [4.78, 5) is 20.5. The van der Waals surface area contributed by atoms with Gasteiger partial charge >= 0.3 is 6.09 Å². The minimum absolute atomic E-state index is 0.00927. The van der Waals surface area contributed by atoms with E-state index in [0.717, 1.165) is 30.9 Å². The third kappa shape index (κ3) is 2.91. The number of hydrogen-bond acceptors (Lipinski definition) is 7. The van der Waals surface area contributed by atoms with E-state index in [4.69, 9.17) is 9.88 Å². The third-order valence-corrected chi connectivity index (χ3v) is 8.45. The van der Waals surface area contributed by atoms with Crippen LogP contribution in [0.5, 0.6) is 0 Å². The van der Waals surface area contributed by atoms with Crippen LogP contribution in [-0.4, -0.2) is 36.1 Å². The van der Waals surface area contributed by atoms with E-state index in [-0.39, 0.29) is 39.7 Å². The van der Waals surface area contributed by atoms with E-state index in [1.807, 2.05) is 6.92 Å². The molecule has 4 N–H and O–H groups in total. The molecule has 5 unspecified atom stereocenters. The van der Waals surface area contributed by atoms with Crippen molar-refractivity contribution in [1.82, 2.24) is 15.3 Å². The van der Waals surface area contributed by atoms with Crippen LogP contribution in [0.15, 0.2) is 35.5 Å². The van der Waals surface area contributed by atoms with Gasteiger partial charge in [0.15, 0.2) is 0 Å². The number of sulfonamides is 1. The number of nitrogens with one attached hydrogen (secondary N) is 2. The Morgan fingerprint density at radius 1 is 1.25 bits per heavy atom. The molecule has 0 radical (unpaired) electrons. The molecule has 5 atom stereocenters. The summed E-state index contributed by atoms with van der Waals surface area (Å²) >= 11 is 0. The highest BCUT2D eigenvalue weighted by Crippen LogP contribution is 2.91. The predicted octanol–water partition coefficient (Wildman–Crippen LogP) is 2.17. The minimum Gasteiger partial charge on any atom is -0.446 e. The van der Waals surface area contributed by atoms with E-state index >= 15 is 0 Å². The molecule has 11 heteroatoms. The van der Waals surface area contributed by atoms with E-state index in [0.29, 0.717) is 17.8 Å². The van der Waals surface area contributed by atoms with Crippen molar-refractivity contribution in [2.24, 2.45) is 22.9 Å². The van der Waals surface area contributed by atoms with Crippen LogP contribution in [0.4, 0.5) is 20.8 Å². The lowest BCUT2D eigenvalue weighted by molar-refractivity contribution is 0.0903. The van der Waals surface area contributed by atoms with E-state index < -0.39 is 15.8 Å². The first kappa shape index (κ1) is 19.9. The number of benzene rings is 1. The number of halogens is 1. The number of carbonyl (C=O) groups is 1. The van der Waals surface area contributed by atoms with Crippen molar-refractivity contribution in [3.8, 4) is 0 Å². The first-order valence-corrected chi connectivity index (χ1v) is 12.1. The first-order chi connectivity index (χ1) is 15.1. The van der Waals surface area contributed by atoms with Gasteiger partial charge in [0, 0.05) is 29.3 Å². The van der Waals surface area contributed by atoms with Gasteiger partial charge in [-0.05, 0) is 61.8 Å². The Morgan fingerprint density at radius 2 is 1.97 bits per heavy atom. The average molecular weight is 460 g/mol. The van der Waals surface area contributed by atoms with Crippen molar-refractivity contribution < 1.29 is 22.3 Å². The second-order valence-corrected chi connectivity index (χ2v) is 11.1. The Kier molecular flexibility index (Phi) is 3.83. The van der Waals surface area contributed by atoms with Crippen LogP contribution < -0.4 is 15.8 Å². The highest BCUT2D eigenvalue weighted by atomic mass is 32.2. The third-order valence-electron chi connectivity index (χ3n) is 7.54. The summed E-state index contributed by atoms with van der Waals surface area (Å²) in [7, 11) is -3.98. The molecular formula is C21H22FN5O4S. The van der Waals surface area contributed by atoms with Gasteiger partial charge in [0.2, 0.25) is 16.0 Å². The summed E-state index contributed by atoms with van der Waals surface area (Å²) in [6.07, 6.45) is 5.90. The molecule has 0 saturated heterocycles. The number of hydrogen-bond donors (Lipinski definition) is 3. The molecule has 5 aliphatic carbocycles. The van der Waals surface area contributed by atoms with Crippen molar-refractivity contribution in [2.75, 3.05) is 5.32 Å². The maximum atomic E-state index is 14.2. The fourth-order valence-corrected chi connectivity index (χ4v) is 6.11. The Bertz CT molecular complexity index is 1240. The molecule has 2 aromatic rings. The zero-order chi connectivity index (χ0) is 22.5. The molecule has 1 amide bonds. The maximum Gasteiger partial charge on any atom is 0.407 e. The SMILES string of the molecule is CC1(NC(=O)OC2CC3C4C2C34c2cnc(Nc3ccc(S(N)(=O)=O)cc3F)nc2)CC1. The molecule has 168 valence electrons. The second-order valence-electron chi connectivity index (χ2n) is 9.56. The maximum absolute atomic E-state index is 14.2. The summed E-state index contributed by atoms with van der Waals surface area (Å²) in [5.41, 5.74) is 0.963. The normalized spacial score (nSPS) is 32.6. The molecule has 1 aromatic heterocycles. The highest BCUT2D eigenvalue weighted by Gasteiger charge is 2.93. The van der Waals surface area contributed by atoms with Gasteiger partial charge in [-0.3, -0.25) is 0 Å². The summed E-state index contributed by atoms with van der Waals surface area (Å²) in [5.74, 6) is 0.747. The molecule has 7 rings (SSSR count). The van der Waals surface area contributed by atoms with E-state index in [1.165, 1.54) is 12.1 Å². The van der Waals surface area contributed by atoms with Crippen LogP contribution in [-0.2, 0) is 20.2 Å². The van der Waals surface area contributed by atoms with Crippen LogP contribution in [0.2, 0.25) is 0 Å². The number of rotatable bonds is 6. The van der Waals surface area contributed by atoms with Crippen molar-refractivity contribution in [3.05, 3.63) is 42.0 Å². The molecular weight excluding hydrogens is 437 g/mol. The molecule has 2 bridgehead atoms. The smallest absolute Gasteiger partial charge is 0.407 e. The van der Waals surface area contributed by atoms with Gasteiger partial charge < -0.3 is 15.4 Å². The van der Waals surface area contributed by atoms with Gasteiger partial charge in [-0.2, -0.15) is 0 Å². The number of alkyl carbamates (subject to hydrolysis) is 1. The van der Waals surface area contributed by atoms with Crippen LogP contribution in [0.1, 0.15) is 31.7 Å². The van der Waals surface area contributed by atoms with Crippen LogP contribution in [0.25, 0.3) is 0 Å². The molecule has 5 saturated carbocycles. The Morgan fingerprint density at radius 3 is 2.56 bits per heavy atom. The molecule has 0 aliphatic heterocycles. The number of nitrogens with zero attached hydrogens (tertiary/aromatic N) is 2. The number of primary sulfonamides is 1. The Labute approximate surface area is 184 Å². The lowest BCUT2D eigenvalue weighted by Gasteiger charge is -2.16. The monoisotopic (exact) mass is 459 g/mol. The summed E-state index contributed by atoms with van der Waals surface area (Å²) in [6, 6.07) is 3.34. The second kappa shape index (κ2) is 6.16. The first-order valence-electron chi connectivity index (χ1n) is 10.5. The minimum atomic E-state index is -3.98. The lowest BCUT2D eigenvalue weighted by atomic mass is 9.99.